The Morgan fingerprint density at radius 2 is 2.12 bits per heavy atom. The fourth-order valence-corrected chi connectivity index (χ4v) is 1.85. The number of likely N-dealkylation sites (N-methyl/N-ethyl adjacent to an activating group) is 1. The molecule has 2 aromatic rings. The summed E-state index contributed by atoms with van der Waals surface area (Å²) in [5.41, 5.74) is 4.56. The summed E-state index contributed by atoms with van der Waals surface area (Å²) in [6.07, 6.45) is 1.80. The van der Waals surface area contributed by atoms with E-state index in [2.05, 4.69) is 42.4 Å². The third kappa shape index (κ3) is 2.15. The van der Waals surface area contributed by atoms with Crippen LogP contribution in [0.5, 0.6) is 0 Å². The Bertz CT molecular complexity index is 577. The number of nitriles is 1. The molecular weight excluding hydrogens is 212 g/mol. The van der Waals surface area contributed by atoms with Crippen molar-refractivity contribution < 1.29 is 0 Å². The molecule has 1 atom stereocenters. The zero-order chi connectivity index (χ0) is 12.4. The molecule has 1 aromatic heterocycles. The van der Waals surface area contributed by atoms with E-state index in [1.165, 1.54) is 11.1 Å². The van der Waals surface area contributed by atoms with Crippen molar-refractivity contribution in [2.75, 3.05) is 7.05 Å². The second kappa shape index (κ2) is 4.56. The molecule has 0 bridgehead atoms. The van der Waals surface area contributed by atoms with Crippen LogP contribution in [0.25, 0.3) is 11.0 Å². The number of nitrogens with one attached hydrogen (secondary N) is 1. The van der Waals surface area contributed by atoms with Gasteiger partial charge in [-0.3, -0.25) is 0 Å². The molecule has 0 aliphatic heterocycles. The summed E-state index contributed by atoms with van der Waals surface area (Å²) in [5, 5.41) is 11.9. The van der Waals surface area contributed by atoms with Crippen molar-refractivity contribution in [3.05, 3.63) is 29.6 Å². The first-order chi connectivity index (χ1) is 8.15. The average molecular weight is 228 g/mol. The molecule has 0 spiro atoms. The van der Waals surface area contributed by atoms with Gasteiger partial charge in [0.05, 0.1) is 30.0 Å². The van der Waals surface area contributed by atoms with Crippen LogP contribution in [0.3, 0.4) is 0 Å². The number of aryl methyl sites for hydroxylation is 2. The highest BCUT2D eigenvalue weighted by Crippen LogP contribution is 2.18. The highest BCUT2D eigenvalue weighted by atomic mass is 15.1. The molecule has 2 rings (SSSR count). The van der Waals surface area contributed by atoms with Gasteiger partial charge >= 0.3 is 0 Å². The minimum absolute atomic E-state index is 0.186. The van der Waals surface area contributed by atoms with Crippen LogP contribution in [0.1, 0.15) is 11.1 Å². The largest absolute Gasteiger partial charge is 0.328 e. The van der Waals surface area contributed by atoms with Gasteiger partial charge < -0.3 is 9.88 Å². The third-order valence-corrected chi connectivity index (χ3v) is 3.12. The minimum atomic E-state index is -0.186. The van der Waals surface area contributed by atoms with E-state index in [0.29, 0.717) is 6.54 Å². The molecule has 88 valence electrons. The molecule has 1 N–H and O–H groups in total. The van der Waals surface area contributed by atoms with E-state index in [1.807, 2.05) is 4.57 Å². The first-order valence-corrected chi connectivity index (χ1v) is 5.64. The number of fused-ring (bicyclic) bond motifs is 1. The zero-order valence-electron chi connectivity index (χ0n) is 10.4. The van der Waals surface area contributed by atoms with Crippen molar-refractivity contribution in [3.8, 4) is 6.07 Å². The number of aromatic nitrogens is 2. The first kappa shape index (κ1) is 11.6. The van der Waals surface area contributed by atoms with Gasteiger partial charge in [-0.05, 0) is 44.2 Å². The highest BCUT2D eigenvalue weighted by molar-refractivity contribution is 5.77. The Morgan fingerprint density at radius 3 is 2.76 bits per heavy atom. The molecule has 0 amide bonds. The van der Waals surface area contributed by atoms with E-state index in [4.69, 9.17) is 5.26 Å². The van der Waals surface area contributed by atoms with Gasteiger partial charge in [0.25, 0.3) is 0 Å². The summed E-state index contributed by atoms with van der Waals surface area (Å²) in [6, 6.07) is 6.25. The van der Waals surface area contributed by atoms with Gasteiger partial charge in [-0.1, -0.05) is 0 Å². The lowest BCUT2D eigenvalue weighted by atomic mass is 10.1. The second-order valence-corrected chi connectivity index (χ2v) is 4.29. The van der Waals surface area contributed by atoms with E-state index in [1.54, 1.807) is 13.4 Å². The van der Waals surface area contributed by atoms with Gasteiger partial charge in [0.2, 0.25) is 0 Å². The lowest BCUT2D eigenvalue weighted by Gasteiger charge is -2.10. The quantitative estimate of drug-likeness (QED) is 0.871. The van der Waals surface area contributed by atoms with Gasteiger partial charge in [0, 0.05) is 0 Å². The third-order valence-electron chi connectivity index (χ3n) is 3.12. The van der Waals surface area contributed by atoms with E-state index in [9.17, 15) is 0 Å². The lowest BCUT2D eigenvalue weighted by Crippen LogP contribution is -2.28. The van der Waals surface area contributed by atoms with Crippen molar-refractivity contribution in [2.45, 2.75) is 26.4 Å². The maximum Gasteiger partial charge on any atom is 0.113 e. The normalized spacial score (nSPS) is 12.6. The zero-order valence-corrected chi connectivity index (χ0v) is 10.4. The summed E-state index contributed by atoms with van der Waals surface area (Å²) < 4.78 is 2.02. The van der Waals surface area contributed by atoms with Crippen molar-refractivity contribution >= 4 is 11.0 Å². The number of imidazole rings is 1. The number of rotatable bonds is 3. The molecule has 0 radical (unpaired) electrons. The van der Waals surface area contributed by atoms with Crippen molar-refractivity contribution in [3.63, 3.8) is 0 Å². The highest BCUT2D eigenvalue weighted by Gasteiger charge is 2.09. The predicted octanol–water partition coefficient (Wildman–Crippen LogP) is 1.76. The van der Waals surface area contributed by atoms with E-state index >= 15 is 0 Å². The Hall–Kier alpha value is -1.86. The van der Waals surface area contributed by atoms with E-state index < -0.39 is 0 Å². The van der Waals surface area contributed by atoms with E-state index in [-0.39, 0.29) is 6.04 Å². The Kier molecular flexibility index (Phi) is 3.12. The number of nitrogens with zero attached hydrogens (tertiary/aromatic N) is 3. The average Bonchev–Trinajstić information content (AvgIpc) is 2.69. The molecule has 1 heterocycles. The number of hydrogen-bond donors (Lipinski definition) is 1. The fraction of sp³-hybridized carbons (Fsp3) is 0.385. The van der Waals surface area contributed by atoms with Crippen LogP contribution in [0.4, 0.5) is 0 Å². The van der Waals surface area contributed by atoms with Gasteiger partial charge in [0.1, 0.15) is 6.04 Å². The van der Waals surface area contributed by atoms with Crippen LogP contribution >= 0.6 is 0 Å². The van der Waals surface area contributed by atoms with Crippen LogP contribution in [0.15, 0.2) is 18.5 Å². The van der Waals surface area contributed by atoms with Crippen LogP contribution in [0, 0.1) is 25.2 Å². The monoisotopic (exact) mass is 228 g/mol. The summed E-state index contributed by atoms with van der Waals surface area (Å²) in [4.78, 5) is 4.37. The van der Waals surface area contributed by atoms with Crippen molar-refractivity contribution in [2.24, 2.45) is 0 Å². The predicted molar refractivity (Wildman–Crippen MR) is 67.7 cm³/mol. The smallest absolute Gasteiger partial charge is 0.113 e. The molecule has 4 nitrogen and oxygen atoms in total. The molecule has 0 aliphatic carbocycles. The molecule has 4 heteroatoms. The molecule has 1 aromatic carbocycles. The first-order valence-electron chi connectivity index (χ1n) is 5.64. The SMILES string of the molecule is CNC(C#N)Cn1cnc2cc(C)c(C)cc21. The lowest BCUT2D eigenvalue weighted by molar-refractivity contribution is 0.574. The topological polar surface area (TPSA) is 53.6 Å². The van der Waals surface area contributed by atoms with Crippen LogP contribution in [-0.2, 0) is 6.54 Å². The van der Waals surface area contributed by atoms with Crippen LogP contribution in [0.2, 0.25) is 0 Å². The number of hydrogen-bond acceptors (Lipinski definition) is 3. The fourth-order valence-electron chi connectivity index (χ4n) is 1.85. The summed E-state index contributed by atoms with van der Waals surface area (Å²) in [5.74, 6) is 0. The summed E-state index contributed by atoms with van der Waals surface area (Å²) in [6.45, 7) is 4.79. The maximum absolute atomic E-state index is 8.95. The summed E-state index contributed by atoms with van der Waals surface area (Å²) >= 11 is 0. The standard InChI is InChI=1S/C13H16N4/c1-9-4-12-13(5-10(9)2)17(8-16-12)7-11(6-14)15-3/h4-5,8,11,15H,7H2,1-3H3. The van der Waals surface area contributed by atoms with Gasteiger partial charge in [-0.25, -0.2) is 4.98 Å². The van der Waals surface area contributed by atoms with Gasteiger partial charge in [-0.2, -0.15) is 5.26 Å². The summed E-state index contributed by atoms with van der Waals surface area (Å²) in [7, 11) is 1.79. The van der Waals surface area contributed by atoms with Crippen molar-refractivity contribution in [1.29, 1.82) is 5.26 Å². The van der Waals surface area contributed by atoms with Crippen molar-refractivity contribution in [1.82, 2.24) is 14.9 Å². The molecule has 0 saturated carbocycles. The second-order valence-electron chi connectivity index (χ2n) is 4.29. The number of benzene rings is 1. The molecule has 17 heavy (non-hydrogen) atoms. The molecular formula is C13H16N4. The molecule has 0 fully saturated rings. The molecule has 0 saturated heterocycles. The molecule has 1 unspecified atom stereocenters. The molecule has 0 aliphatic rings. The maximum atomic E-state index is 8.95. The minimum Gasteiger partial charge on any atom is -0.328 e. The van der Waals surface area contributed by atoms with Crippen LogP contribution < -0.4 is 5.32 Å². The Morgan fingerprint density at radius 1 is 1.41 bits per heavy atom. The van der Waals surface area contributed by atoms with E-state index in [0.717, 1.165) is 11.0 Å². The Labute approximate surface area is 101 Å². The van der Waals surface area contributed by atoms with Gasteiger partial charge in [-0.15, -0.1) is 0 Å². The van der Waals surface area contributed by atoms with Gasteiger partial charge in [0.15, 0.2) is 0 Å². The Balaban J connectivity index is 2.43. The van der Waals surface area contributed by atoms with Crippen LogP contribution in [-0.4, -0.2) is 22.6 Å².